The largest absolute Gasteiger partial charge is 0.497 e. The molecule has 6 nitrogen and oxygen atoms in total. The number of benzene rings is 3. The van der Waals surface area contributed by atoms with Gasteiger partial charge in [0.25, 0.3) is 0 Å². The molecule has 0 saturated heterocycles. The molecule has 2 N–H and O–H groups in total. The number of nitrogens with zero attached hydrogens (tertiary/aromatic N) is 2. The Labute approximate surface area is 174 Å². The second kappa shape index (κ2) is 7.89. The number of nitrogens with two attached hydrogens (primary N) is 1. The van der Waals surface area contributed by atoms with Crippen LogP contribution in [0.1, 0.15) is 23.6 Å². The second-order valence-electron chi connectivity index (χ2n) is 6.93. The lowest BCUT2D eigenvalue weighted by Gasteiger charge is -2.24. The van der Waals surface area contributed by atoms with Crippen molar-refractivity contribution in [2.24, 2.45) is 10.2 Å². The lowest BCUT2D eigenvalue weighted by molar-refractivity contribution is 0.414. The van der Waals surface area contributed by atoms with Crippen molar-refractivity contribution in [1.82, 2.24) is 0 Å². The van der Waals surface area contributed by atoms with Gasteiger partial charge in [0.05, 0.1) is 29.4 Å². The van der Waals surface area contributed by atoms with Crippen molar-refractivity contribution in [3.8, 4) is 5.75 Å². The van der Waals surface area contributed by atoms with E-state index in [-0.39, 0.29) is 16.8 Å². The maximum Gasteiger partial charge on any atom is 0.238 e. The van der Waals surface area contributed by atoms with Gasteiger partial charge in [-0.1, -0.05) is 24.3 Å². The Morgan fingerprint density at radius 1 is 1.07 bits per heavy atom. The topological polar surface area (TPSA) is 85.0 Å². The Kier molecular flexibility index (Phi) is 5.27. The van der Waals surface area contributed by atoms with Crippen molar-refractivity contribution in [2.45, 2.75) is 17.4 Å². The summed E-state index contributed by atoms with van der Waals surface area (Å²) in [6.45, 7) is 0. The molecule has 0 radical (unpaired) electrons. The molecule has 0 spiro atoms. The number of methoxy groups -OCH3 is 1. The minimum absolute atomic E-state index is 0.0285. The van der Waals surface area contributed by atoms with Crippen molar-refractivity contribution in [2.75, 3.05) is 12.1 Å². The van der Waals surface area contributed by atoms with E-state index in [0.29, 0.717) is 12.1 Å². The Balaban J connectivity index is 1.75. The van der Waals surface area contributed by atoms with E-state index in [1.807, 2.05) is 29.3 Å². The van der Waals surface area contributed by atoms with Crippen LogP contribution in [0.15, 0.2) is 82.8 Å². The molecule has 1 heterocycles. The average Bonchev–Trinajstić information content (AvgIpc) is 3.19. The highest BCUT2D eigenvalue weighted by molar-refractivity contribution is 7.89. The molecule has 0 fully saturated rings. The van der Waals surface area contributed by atoms with Gasteiger partial charge in [0.1, 0.15) is 11.6 Å². The number of anilines is 1. The van der Waals surface area contributed by atoms with Crippen molar-refractivity contribution in [3.05, 3.63) is 89.7 Å². The van der Waals surface area contributed by atoms with E-state index >= 15 is 0 Å². The molecule has 0 saturated carbocycles. The Morgan fingerprint density at radius 3 is 2.40 bits per heavy atom. The molecule has 3 aromatic carbocycles. The fourth-order valence-corrected chi connectivity index (χ4v) is 3.97. The summed E-state index contributed by atoms with van der Waals surface area (Å²) in [6, 6.07) is 20.0. The molecule has 0 aromatic heterocycles. The summed E-state index contributed by atoms with van der Waals surface area (Å²) in [7, 11) is -2.18. The summed E-state index contributed by atoms with van der Waals surface area (Å²) in [4.78, 5) is 0.0285. The second-order valence-corrected chi connectivity index (χ2v) is 8.50. The lowest BCUT2D eigenvalue weighted by Crippen LogP contribution is -2.19. The molecular weight excluding hydrogens is 405 g/mol. The van der Waals surface area contributed by atoms with Gasteiger partial charge in [-0.15, -0.1) is 0 Å². The molecule has 3 aromatic rings. The van der Waals surface area contributed by atoms with Gasteiger partial charge in [0.2, 0.25) is 10.0 Å². The molecule has 0 amide bonds. The van der Waals surface area contributed by atoms with Crippen LogP contribution in [0.25, 0.3) is 0 Å². The highest BCUT2D eigenvalue weighted by Gasteiger charge is 2.30. The molecular formula is C22H20FN3O3S. The van der Waals surface area contributed by atoms with Crippen LogP contribution in [0.2, 0.25) is 0 Å². The molecule has 0 aliphatic carbocycles. The number of primary sulfonamides is 1. The Hall–Kier alpha value is -3.23. The lowest BCUT2D eigenvalue weighted by atomic mass is 9.98. The van der Waals surface area contributed by atoms with E-state index in [1.54, 1.807) is 31.4 Å². The van der Waals surface area contributed by atoms with Crippen LogP contribution in [0.4, 0.5) is 10.1 Å². The highest BCUT2D eigenvalue weighted by Crippen LogP contribution is 2.37. The first-order valence-corrected chi connectivity index (χ1v) is 10.8. The molecule has 30 heavy (non-hydrogen) atoms. The van der Waals surface area contributed by atoms with Crippen LogP contribution in [0.3, 0.4) is 0 Å². The molecule has 1 aliphatic heterocycles. The average molecular weight is 425 g/mol. The van der Waals surface area contributed by atoms with E-state index in [2.05, 4.69) is 0 Å². The molecule has 154 valence electrons. The number of halogens is 1. The van der Waals surface area contributed by atoms with Crippen LogP contribution in [0, 0.1) is 5.82 Å². The first kappa shape index (κ1) is 20.1. The van der Waals surface area contributed by atoms with Crippen LogP contribution < -0.4 is 14.9 Å². The number of hydrogen-bond donors (Lipinski definition) is 1. The van der Waals surface area contributed by atoms with Gasteiger partial charge < -0.3 is 4.74 Å². The molecule has 8 heteroatoms. The maximum atomic E-state index is 13.5. The molecule has 0 unspecified atom stereocenters. The van der Waals surface area contributed by atoms with Crippen molar-refractivity contribution in [1.29, 1.82) is 0 Å². The number of hydrazone groups is 1. The first-order valence-electron chi connectivity index (χ1n) is 9.24. The van der Waals surface area contributed by atoms with Gasteiger partial charge in [0, 0.05) is 12.0 Å². The van der Waals surface area contributed by atoms with Gasteiger partial charge >= 0.3 is 0 Å². The number of sulfonamides is 1. The minimum atomic E-state index is -3.78. The Bertz CT molecular complexity index is 1190. The molecule has 0 bridgehead atoms. The summed E-state index contributed by atoms with van der Waals surface area (Å²) in [5.74, 6) is 0.416. The van der Waals surface area contributed by atoms with E-state index < -0.39 is 10.0 Å². The number of hydrogen-bond acceptors (Lipinski definition) is 5. The standard InChI is InChI=1S/C22H20FN3O3S/c1-29-19-4-2-3-16(13-19)21-14-22(15-5-7-17(23)8-6-15)26(25-21)18-9-11-20(12-10-18)30(24,27)28/h2-13,22H,14H2,1H3,(H2,24,27,28)/t22-/m0/s1. The summed E-state index contributed by atoms with van der Waals surface area (Å²) in [5, 5.41) is 11.8. The van der Waals surface area contributed by atoms with Crippen molar-refractivity contribution < 1.29 is 17.5 Å². The van der Waals surface area contributed by atoms with Gasteiger partial charge in [-0.3, -0.25) is 5.01 Å². The number of ether oxygens (including phenoxy) is 1. The van der Waals surface area contributed by atoms with E-state index in [1.165, 1.54) is 24.3 Å². The fraction of sp³-hybridized carbons (Fsp3) is 0.136. The van der Waals surface area contributed by atoms with E-state index in [9.17, 15) is 12.8 Å². The van der Waals surface area contributed by atoms with Gasteiger partial charge in [-0.25, -0.2) is 17.9 Å². The highest BCUT2D eigenvalue weighted by atomic mass is 32.2. The van der Waals surface area contributed by atoms with Gasteiger partial charge in [-0.05, 0) is 54.1 Å². The van der Waals surface area contributed by atoms with Crippen LogP contribution in [-0.2, 0) is 10.0 Å². The SMILES string of the molecule is COc1cccc(C2=NN(c3ccc(S(N)(=O)=O)cc3)[C@H](c3ccc(F)cc3)C2)c1. The zero-order valence-corrected chi connectivity index (χ0v) is 17.0. The molecule has 1 atom stereocenters. The third-order valence-electron chi connectivity index (χ3n) is 5.00. The third kappa shape index (κ3) is 4.05. The summed E-state index contributed by atoms with van der Waals surface area (Å²) < 4.78 is 41.9. The summed E-state index contributed by atoms with van der Waals surface area (Å²) >= 11 is 0. The minimum Gasteiger partial charge on any atom is -0.497 e. The van der Waals surface area contributed by atoms with Gasteiger partial charge in [0.15, 0.2) is 0 Å². The smallest absolute Gasteiger partial charge is 0.238 e. The normalized spacial score (nSPS) is 16.4. The molecule has 4 rings (SSSR count). The van der Waals surface area contributed by atoms with Crippen LogP contribution >= 0.6 is 0 Å². The molecule has 1 aliphatic rings. The quantitative estimate of drug-likeness (QED) is 0.673. The zero-order chi connectivity index (χ0) is 21.3. The van der Waals surface area contributed by atoms with Crippen LogP contribution in [0.5, 0.6) is 5.75 Å². The van der Waals surface area contributed by atoms with E-state index in [4.69, 9.17) is 15.0 Å². The predicted octanol–water partition coefficient (Wildman–Crippen LogP) is 3.84. The summed E-state index contributed by atoms with van der Waals surface area (Å²) in [5.41, 5.74) is 3.37. The maximum absolute atomic E-state index is 13.5. The third-order valence-corrected chi connectivity index (χ3v) is 5.93. The Morgan fingerprint density at radius 2 is 1.77 bits per heavy atom. The predicted molar refractivity (Wildman–Crippen MR) is 114 cm³/mol. The van der Waals surface area contributed by atoms with Crippen molar-refractivity contribution >= 4 is 21.4 Å². The van der Waals surface area contributed by atoms with E-state index in [0.717, 1.165) is 22.6 Å². The van der Waals surface area contributed by atoms with Crippen LogP contribution in [-0.4, -0.2) is 21.2 Å². The first-order chi connectivity index (χ1) is 14.3. The summed E-state index contributed by atoms with van der Waals surface area (Å²) in [6.07, 6.45) is 0.593. The monoisotopic (exact) mass is 425 g/mol. The number of rotatable bonds is 5. The van der Waals surface area contributed by atoms with Gasteiger partial charge in [-0.2, -0.15) is 5.10 Å². The zero-order valence-electron chi connectivity index (χ0n) is 16.2. The van der Waals surface area contributed by atoms with Crippen molar-refractivity contribution in [3.63, 3.8) is 0 Å². The fourth-order valence-electron chi connectivity index (χ4n) is 3.46.